The van der Waals surface area contributed by atoms with Crippen LogP contribution in [0.3, 0.4) is 0 Å². The molecule has 0 aromatic carbocycles. The van der Waals surface area contributed by atoms with Gasteiger partial charge in [-0.1, -0.05) is 18.0 Å². The Morgan fingerprint density at radius 1 is 1.39 bits per heavy atom. The lowest BCUT2D eigenvalue weighted by molar-refractivity contribution is 0.133. The summed E-state index contributed by atoms with van der Waals surface area (Å²) in [4.78, 5) is 6.98. The Hall–Kier alpha value is -1.44. The second-order valence-electron chi connectivity index (χ2n) is 6.03. The number of aromatic nitrogens is 5. The maximum atomic E-state index is 6.39. The molecule has 3 rings (SSSR count). The molecule has 3 heterocycles. The highest BCUT2D eigenvalue weighted by Crippen LogP contribution is 2.32. The molecule has 1 fully saturated rings. The van der Waals surface area contributed by atoms with E-state index in [0.717, 1.165) is 42.4 Å². The van der Waals surface area contributed by atoms with Crippen molar-refractivity contribution in [1.82, 2.24) is 29.9 Å². The fraction of sp³-hybridized carbons (Fsp3) is 0.667. The van der Waals surface area contributed by atoms with Gasteiger partial charge >= 0.3 is 0 Å². The summed E-state index contributed by atoms with van der Waals surface area (Å²) in [5.41, 5.74) is 2.07. The van der Waals surface area contributed by atoms with Gasteiger partial charge in [-0.15, -0.1) is 0 Å². The van der Waals surface area contributed by atoms with E-state index in [9.17, 15) is 0 Å². The number of methoxy groups -OCH3 is 1. The topological polar surface area (TPSA) is 71.9 Å². The van der Waals surface area contributed by atoms with Crippen molar-refractivity contribution in [2.45, 2.75) is 45.4 Å². The van der Waals surface area contributed by atoms with Gasteiger partial charge in [0, 0.05) is 26.3 Å². The van der Waals surface area contributed by atoms with Crippen LogP contribution < -0.4 is 0 Å². The van der Waals surface area contributed by atoms with Gasteiger partial charge in [0.15, 0.2) is 11.6 Å². The van der Waals surface area contributed by atoms with Gasteiger partial charge in [-0.2, -0.15) is 10.2 Å². The quantitative estimate of drug-likeness (QED) is 0.906. The third-order valence-electron chi connectivity index (χ3n) is 4.37. The van der Waals surface area contributed by atoms with Crippen LogP contribution in [0.4, 0.5) is 0 Å². The van der Waals surface area contributed by atoms with Crippen LogP contribution in [0.15, 0.2) is 0 Å². The lowest BCUT2D eigenvalue weighted by Gasteiger charge is -2.33. The van der Waals surface area contributed by atoms with E-state index in [1.165, 1.54) is 12.8 Å². The first-order valence-electron chi connectivity index (χ1n) is 7.92. The van der Waals surface area contributed by atoms with E-state index in [1.54, 1.807) is 11.8 Å². The molecule has 1 aliphatic rings. The fourth-order valence-electron chi connectivity index (χ4n) is 3.19. The number of piperidine rings is 1. The Morgan fingerprint density at radius 3 is 2.91 bits per heavy atom. The first-order chi connectivity index (χ1) is 11.1. The molecule has 0 unspecified atom stereocenters. The predicted octanol–water partition coefficient (Wildman–Crippen LogP) is 2.37. The average Bonchev–Trinajstić information content (AvgIpc) is 3.09. The molecule has 1 saturated heterocycles. The molecule has 1 aliphatic heterocycles. The number of H-pyrrole nitrogens is 1. The number of nitrogens with one attached hydrogen (secondary N) is 1. The number of hydrogen-bond acceptors (Lipinski definition) is 5. The largest absolute Gasteiger partial charge is 0.377 e. The van der Waals surface area contributed by atoms with Crippen LogP contribution in [0.5, 0.6) is 0 Å². The molecule has 23 heavy (non-hydrogen) atoms. The summed E-state index contributed by atoms with van der Waals surface area (Å²) in [6.45, 7) is 4.25. The Labute approximate surface area is 141 Å². The Morgan fingerprint density at radius 2 is 2.22 bits per heavy atom. The lowest BCUT2D eigenvalue weighted by atomic mass is 10.0. The number of hydrogen-bond donors (Lipinski definition) is 1. The van der Waals surface area contributed by atoms with Gasteiger partial charge in [-0.25, -0.2) is 4.98 Å². The summed E-state index contributed by atoms with van der Waals surface area (Å²) in [5, 5.41) is 12.5. The van der Waals surface area contributed by atoms with E-state index in [4.69, 9.17) is 16.3 Å². The minimum absolute atomic E-state index is 0.210. The van der Waals surface area contributed by atoms with Crippen molar-refractivity contribution < 1.29 is 4.74 Å². The van der Waals surface area contributed by atoms with Crippen LogP contribution in [0.25, 0.3) is 0 Å². The minimum Gasteiger partial charge on any atom is -0.377 e. The molecular weight excluding hydrogens is 316 g/mol. The molecule has 126 valence electrons. The first kappa shape index (κ1) is 16.4. The van der Waals surface area contributed by atoms with Gasteiger partial charge in [0.2, 0.25) is 0 Å². The molecule has 1 N–H and O–H groups in total. The van der Waals surface area contributed by atoms with Crippen LogP contribution >= 0.6 is 11.6 Å². The second-order valence-corrected chi connectivity index (χ2v) is 6.39. The average molecular weight is 339 g/mol. The van der Waals surface area contributed by atoms with Gasteiger partial charge < -0.3 is 4.74 Å². The molecule has 0 radical (unpaired) electrons. The van der Waals surface area contributed by atoms with Crippen LogP contribution in [-0.4, -0.2) is 43.5 Å². The molecular formula is C15H23ClN6O. The summed E-state index contributed by atoms with van der Waals surface area (Å²) in [6, 6.07) is 0.210. The summed E-state index contributed by atoms with van der Waals surface area (Å²) in [5.74, 6) is 1.61. The van der Waals surface area contributed by atoms with Crippen LogP contribution in [0.1, 0.15) is 48.2 Å². The van der Waals surface area contributed by atoms with E-state index in [0.29, 0.717) is 11.8 Å². The highest BCUT2D eigenvalue weighted by atomic mass is 35.5. The number of nitrogens with zero attached hydrogens (tertiary/aromatic N) is 5. The third-order valence-corrected chi connectivity index (χ3v) is 4.85. The Kier molecular flexibility index (Phi) is 4.99. The van der Waals surface area contributed by atoms with Gasteiger partial charge in [0.25, 0.3) is 0 Å². The number of halogens is 1. The zero-order chi connectivity index (χ0) is 16.4. The molecule has 2 aromatic heterocycles. The fourth-order valence-corrected chi connectivity index (χ4v) is 3.42. The second kappa shape index (κ2) is 6.98. The molecule has 0 saturated carbocycles. The molecule has 0 aliphatic carbocycles. The molecule has 0 bridgehead atoms. The van der Waals surface area contributed by atoms with Crippen molar-refractivity contribution in [1.29, 1.82) is 0 Å². The highest BCUT2D eigenvalue weighted by molar-refractivity contribution is 6.30. The van der Waals surface area contributed by atoms with E-state index in [1.807, 2.05) is 14.0 Å². The van der Waals surface area contributed by atoms with Crippen molar-refractivity contribution in [3.05, 3.63) is 28.1 Å². The van der Waals surface area contributed by atoms with Gasteiger partial charge in [-0.05, 0) is 26.3 Å². The van der Waals surface area contributed by atoms with E-state index in [2.05, 4.69) is 25.2 Å². The lowest BCUT2D eigenvalue weighted by Crippen LogP contribution is -2.33. The minimum atomic E-state index is 0.210. The van der Waals surface area contributed by atoms with Crippen molar-refractivity contribution in [3.63, 3.8) is 0 Å². The maximum absolute atomic E-state index is 6.39. The Balaban J connectivity index is 1.80. The maximum Gasteiger partial charge on any atom is 0.167 e. The molecule has 2 aromatic rings. The number of likely N-dealkylation sites (tertiary alicyclic amines) is 1. The van der Waals surface area contributed by atoms with Crippen LogP contribution in [0, 0.1) is 6.92 Å². The summed E-state index contributed by atoms with van der Waals surface area (Å²) < 4.78 is 6.84. The summed E-state index contributed by atoms with van der Waals surface area (Å²) in [7, 11) is 3.53. The number of aryl methyl sites for hydroxylation is 2. The monoisotopic (exact) mass is 338 g/mol. The zero-order valence-electron chi connectivity index (χ0n) is 13.8. The van der Waals surface area contributed by atoms with Crippen molar-refractivity contribution in [2.75, 3.05) is 13.7 Å². The van der Waals surface area contributed by atoms with Gasteiger partial charge in [0.05, 0.1) is 11.7 Å². The van der Waals surface area contributed by atoms with Gasteiger partial charge in [-0.3, -0.25) is 14.7 Å². The summed E-state index contributed by atoms with van der Waals surface area (Å²) in [6.07, 6.45) is 3.43. The molecule has 1 atom stereocenters. The molecule has 7 nitrogen and oxygen atoms in total. The molecule has 0 amide bonds. The number of rotatable bonds is 5. The van der Waals surface area contributed by atoms with Crippen LogP contribution in [0.2, 0.25) is 5.15 Å². The van der Waals surface area contributed by atoms with Crippen LogP contribution in [-0.2, 0) is 24.9 Å². The first-order valence-corrected chi connectivity index (χ1v) is 8.30. The highest BCUT2D eigenvalue weighted by Gasteiger charge is 2.29. The third kappa shape index (κ3) is 3.41. The Bertz CT molecular complexity index is 667. The number of ether oxygens (including phenoxy) is 1. The van der Waals surface area contributed by atoms with Crippen molar-refractivity contribution in [2.24, 2.45) is 7.05 Å². The molecule has 0 spiro atoms. The number of aromatic amines is 1. The van der Waals surface area contributed by atoms with Gasteiger partial charge in [0.1, 0.15) is 11.8 Å². The normalized spacial score (nSPS) is 19.4. The summed E-state index contributed by atoms with van der Waals surface area (Å²) >= 11 is 6.39. The van der Waals surface area contributed by atoms with E-state index in [-0.39, 0.29) is 6.04 Å². The molecule has 8 heteroatoms. The van der Waals surface area contributed by atoms with Crippen molar-refractivity contribution in [3.8, 4) is 0 Å². The SMILES string of the molecule is COCc1nc([C@@H]2CCCCN2Cc2c(C)nn(C)c2Cl)n[nH]1. The zero-order valence-corrected chi connectivity index (χ0v) is 14.6. The standard InChI is InChI=1S/C15H23ClN6O/c1-10-11(14(16)21(2)20-10)8-22-7-5-4-6-12(22)15-17-13(9-23-3)18-19-15/h12H,4-9H2,1-3H3,(H,17,18,19)/t12-/m0/s1. The van der Waals surface area contributed by atoms with E-state index >= 15 is 0 Å². The smallest absolute Gasteiger partial charge is 0.167 e. The van der Waals surface area contributed by atoms with E-state index < -0.39 is 0 Å². The predicted molar refractivity (Wildman–Crippen MR) is 87.1 cm³/mol. The van der Waals surface area contributed by atoms with Crippen molar-refractivity contribution >= 4 is 11.6 Å².